The highest BCUT2D eigenvalue weighted by molar-refractivity contribution is 14.0. The lowest BCUT2D eigenvalue weighted by atomic mass is 10.1. The first-order valence-electron chi connectivity index (χ1n) is 8.75. The van der Waals surface area contributed by atoms with Crippen molar-refractivity contribution in [1.82, 2.24) is 10.6 Å². The minimum atomic E-state index is -0.574. The minimum absolute atomic E-state index is 0. The first-order valence-corrected chi connectivity index (χ1v) is 8.75. The molecule has 5 nitrogen and oxygen atoms in total. The van der Waals surface area contributed by atoms with Gasteiger partial charge in [-0.25, -0.2) is 8.78 Å². The van der Waals surface area contributed by atoms with Crippen LogP contribution in [0.3, 0.4) is 0 Å². The molecule has 1 heterocycles. The summed E-state index contributed by atoms with van der Waals surface area (Å²) in [4.78, 5) is 6.12. The lowest BCUT2D eigenvalue weighted by Crippen LogP contribution is -2.44. The van der Waals surface area contributed by atoms with E-state index in [9.17, 15) is 8.78 Å². The molecule has 1 saturated heterocycles. The van der Waals surface area contributed by atoms with E-state index in [0.717, 1.165) is 18.1 Å². The molecule has 0 aromatic heterocycles. The van der Waals surface area contributed by atoms with Crippen LogP contribution in [0.5, 0.6) is 0 Å². The lowest BCUT2D eigenvalue weighted by Gasteiger charge is -2.21. The fraction of sp³-hybridized carbons (Fsp3) is 0.300. The summed E-state index contributed by atoms with van der Waals surface area (Å²) in [6.45, 7) is 1.83. The van der Waals surface area contributed by atoms with Crippen LogP contribution in [-0.2, 0) is 6.54 Å². The van der Waals surface area contributed by atoms with E-state index in [1.807, 2.05) is 23.1 Å². The number of guanidine groups is 1. The Hall–Kier alpha value is -2.41. The minimum Gasteiger partial charge on any atom is -0.367 e. The monoisotopic (exact) mass is 497 g/mol. The Morgan fingerprint density at radius 3 is 2.82 bits per heavy atom. The molecular formula is C20H22F2IN5. The van der Waals surface area contributed by atoms with Crippen LogP contribution in [0.1, 0.15) is 17.5 Å². The van der Waals surface area contributed by atoms with Gasteiger partial charge in [-0.05, 0) is 36.2 Å². The maximum Gasteiger partial charge on any atom is 0.191 e. The maximum atomic E-state index is 14.0. The molecule has 0 saturated carbocycles. The summed E-state index contributed by atoms with van der Waals surface area (Å²) in [7, 11) is 1.69. The normalized spacial score (nSPS) is 16.3. The SMILES string of the molecule is CN=C(NCc1cccc(C#N)c1)NC1CCN(c2ccc(F)cc2F)C1.I. The number of halogens is 3. The van der Waals surface area contributed by atoms with Crippen molar-refractivity contribution in [2.45, 2.75) is 19.0 Å². The van der Waals surface area contributed by atoms with Gasteiger partial charge >= 0.3 is 0 Å². The fourth-order valence-electron chi connectivity index (χ4n) is 3.16. The van der Waals surface area contributed by atoms with Crippen LogP contribution in [0, 0.1) is 23.0 Å². The molecule has 0 amide bonds. The predicted molar refractivity (Wildman–Crippen MR) is 117 cm³/mol. The van der Waals surface area contributed by atoms with Gasteiger partial charge in [-0.15, -0.1) is 24.0 Å². The summed E-state index contributed by atoms with van der Waals surface area (Å²) < 4.78 is 27.1. The molecule has 2 aromatic rings. The standard InChI is InChI=1S/C20H21F2N5.HI/c1-24-20(25-12-15-4-2-3-14(9-15)11-23)26-17-7-8-27(13-17)19-6-5-16(21)10-18(19)22;/h2-6,9-10,17H,7-8,12-13H2,1H3,(H2,24,25,26);1H. The molecule has 3 rings (SSSR count). The van der Waals surface area contributed by atoms with Gasteiger partial charge in [-0.2, -0.15) is 5.26 Å². The van der Waals surface area contributed by atoms with Crippen LogP contribution in [0.4, 0.5) is 14.5 Å². The average molecular weight is 497 g/mol. The van der Waals surface area contributed by atoms with Crippen molar-refractivity contribution >= 4 is 35.6 Å². The van der Waals surface area contributed by atoms with E-state index in [4.69, 9.17) is 5.26 Å². The number of hydrogen-bond acceptors (Lipinski definition) is 3. The third kappa shape index (κ3) is 5.55. The number of aliphatic imine (C=N–C) groups is 1. The second-order valence-electron chi connectivity index (χ2n) is 6.41. The number of rotatable bonds is 4. The number of nitriles is 1. The van der Waals surface area contributed by atoms with Crippen molar-refractivity contribution in [3.63, 3.8) is 0 Å². The molecule has 0 bridgehead atoms. The summed E-state index contributed by atoms with van der Waals surface area (Å²) >= 11 is 0. The van der Waals surface area contributed by atoms with Gasteiger partial charge < -0.3 is 15.5 Å². The zero-order chi connectivity index (χ0) is 19.2. The summed E-state index contributed by atoms with van der Waals surface area (Å²) in [5.74, 6) is -0.477. The quantitative estimate of drug-likeness (QED) is 0.386. The largest absolute Gasteiger partial charge is 0.367 e. The molecule has 1 fully saturated rings. The van der Waals surface area contributed by atoms with E-state index in [2.05, 4.69) is 21.7 Å². The number of nitrogens with zero attached hydrogens (tertiary/aromatic N) is 3. The summed E-state index contributed by atoms with van der Waals surface area (Å²) in [6, 6.07) is 13.3. The van der Waals surface area contributed by atoms with Gasteiger partial charge in [-0.3, -0.25) is 4.99 Å². The Balaban J connectivity index is 0.00000280. The molecule has 1 unspecified atom stereocenters. The number of nitrogens with one attached hydrogen (secondary N) is 2. The van der Waals surface area contributed by atoms with Gasteiger partial charge in [0.05, 0.1) is 17.3 Å². The topological polar surface area (TPSA) is 63.5 Å². The number of anilines is 1. The van der Waals surface area contributed by atoms with Crippen LogP contribution in [-0.4, -0.2) is 32.1 Å². The Morgan fingerprint density at radius 1 is 1.29 bits per heavy atom. The highest BCUT2D eigenvalue weighted by atomic mass is 127. The molecule has 0 radical (unpaired) electrons. The third-order valence-electron chi connectivity index (χ3n) is 4.52. The molecule has 0 aliphatic carbocycles. The van der Waals surface area contributed by atoms with Crippen molar-refractivity contribution in [3.8, 4) is 6.07 Å². The van der Waals surface area contributed by atoms with Crippen LogP contribution < -0.4 is 15.5 Å². The Kier molecular flexibility index (Phi) is 7.99. The second kappa shape index (κ2) is 10.2. The molecule has 1 atom stereocenters. The lowest BCUT2D eigenvalue weighted by molar-refractivity contribution is 0.580. The molecule has 28 heavy (non-hydrogen) atoms. The smallest absolute Gasteiger partial charge is 0.191 e. The zero-order valence-corrected chi connectivity index (χ0v) is 17.8. The number of benzene rings is 2. The van der Waals surface area contributed by atoms with Gasteiger partial charge in [0.1, 0.15) is 11.6 Å². The highest BCUT2D eigenvalue weighted by Crippen LogP contribution is 2.24. The first kappa shape index (κ1) is 21.9. The van der Waals surface area contributed by atoms with Crippen LogP contribution >= 0.6 is 24.0 Å². The number of hydrogen-bond donors (Lipinski definition) is 2. The highest BCUT2D eigenvalue weighted by Gasteiger charge is 2.25. The van der Waals surface area contributed by atoms with E-state index in [1.165, 1.54) is 12.1 Å². The maximum absolute atomic E-state index is 14.0. The van der Waals surface area contributed by atoms with Crippen molar-refractivity contribution in [1.29, 1.82) is 5.26 Å². The average Bonchev–Trinajstić information content (AvgIpc) is 3.13. The van der Waals surface area contributed by atoms with Crippen molar-refractivity contribution in [2.24, 2.45) is 4.99 Å². The molecule has 2 aromatic carbocycles. The predicted octanol–water partition coefficient (Wildman–Crippen LogP) is 3.40. The molecule has 148 valence electrons. The summed E-state index contributed by atoms with van der Waals surface area (Å²) in [5.41, 5.74) is 2.01. The van der Waals surface area contributed by atoms with E-state index in [0.29, 0.717) is 36.8 Å². The van der Waals surface area contributed by atoms with Gasteiger partial charge in [-0.1, -0.05) is 12.1 Å². The van der Waals surface area contributed by atoms with Crippen molar-refractivity contribution in [2.75, 3.05) is 25.0 Å². The van der Waals surface area contributed by atoms with Gasteiger partial charge in [0.15, 0.2) is 5.96 Å². The third-order valence-corrected chi connectivity index (χ3v) is 4.52. The Labute approximate surface area is 180 Å². The Morgan fingerprint density at radius 2 is 2.11 bits per heavy atom. The van der Waals surface area contributed by atoms with Crippen LogP contribution in [0.15, 0.2) is 47.5 Å². The molecular weight excluding hydrogens is 475 g/mol. The summed E-state index contributed by atoms with van der Waals surface area (Å²) in [6.07, 6.45) is 0.821. The second-order valence-corrected chi connectivity index (χ2v) is 6.41. The van der Waals surface area contributed by atoms with E-state index < -0.39 is 11.6 Å². The molecule has 1 aliphatic heterocycles. The Bertz CT molecular complexity index is 881. The van der Waals surface area contributed by atoms with E-state index >= 15 is 0 Å². The molecule has 2 N–H and O–H groups in total. The summed E-state index contributed by atoms with van der Waals surface area (Å²) in [5, 5.41) is 15.5. The van der Waals surface area contributed by atoms with Crippen LogP contribution in [0.2, 0.25) is 0 Å². The van der Waals surface area contributed by atoms with E-state index in [-0.39, 0.29) is 30.0 Å². The molecule has 1 aliphatic rings. The van der Waals surface area contributed by atoms with Crippen molar-refractivity contribution in [3.05, 3.63) is 65.2 Å². The van der Waals surface area contributed by atoms with E-state index in [1.54, 1.807) is 13.1 Å². The van der Waals surface area contributed by atoms with Crippen molar-refractivity contribution < 1.29 is 8.78 Å². The fourth-order valence-corrected chi connectivity index (χ4v) is 3.16. The van der Waals surface area contributed by atoms with Crippen LogP contribution in [0.25, 0.3) is 0 Å². The molecule has 0 spiro atoms. The van der Waals surface area contributed by atoms with Gasteiger partial charge in [0.2, 0.25) is 0 Å². The zero-order valence-electron chi connectivity index (χ0n) is 15.5. The first-order chi connectivity index (χ1) is 13.1. The van der Waals surface area contributed by atoms with Gasteiger partial charge in [0.25, 0.3) is 0 Å². The molecule has 8 heteroatoms. The van der Waals surface area contributed by atoms with Gasteiger partial charge in [0, 0.05) is 38.8 Å².